The number of hydrogen-bond acceptors (Lipinski definition) is 3. The van der Waals surface area contributed by atoms with Crippen molar-refractivity contribution < 1.29 is 13.0 Å². The van der Waals surface area contributed by atoms with Crippen LogP contribution in [0.3, 0.4) is 0 Å². The molecule has 0 saturated carbocycles. The van der Waals surface area contributed by atoms with Gasteiger partial charge >= 0.3 is 0 Å². The predicted octanol–water partition coefficient (Wildman–Crippen LogP) is 5.83. The molecule has 5 heteroatoms. The summed E-state index contributed by atoms with van der Waals surface area (Å²) in [5, 5.41) is 0. The Bertz CT molecular complexity index is 1080. The summed E-state index contributed by atoms with van der Waals surface area (Å²) in [7, 11) is -4.24. The zero-order chi connectivity index (χ0) is 21.8. The highest BCUT2D eigenvalue weighted by molar-refractivity contribution is 7.85. The third-order valence-electron chi connectivity index (χ3n) is 7.29. The molecule has 0 amide bonds. The standard InChI is InChI=1S/C24H31NO3S/c1-15-11-21-22(24(6,7)17(3)16(2)23(21,4)5)12-18(15)14-25-19-9-8-10-20(13-19)29(26,27)28/h8-14,16-17H,1-7H3,(H,26,27,28)/t16-,17-/m0/s1. The van der Waals surface area contributed by atoms with E-state index in [2.05, 4.69) is 65.6 Å². The number of aryl methyl sites for hydroxylation is 1. The van der Waals surface area contributed by atoms with Gasteiger partial charge in [0.15, 0.2) is 0 Å². The molecule has 3 rings (SSSR count). The summed E-state index contributed by atoms with van der Waals surface area (Å²) in [4.78, 5) is 4.33. The summed E-state index contributed by atoms with van der Waals surface area (Å²) in [6.45, 7) is 16.1. The van der Waals surface area contributed by atoms with E-state index in [1.807, 2.05) is 0 Å². The van der Waals surface area contributed by atoms with E-state index in [0.29, 0.717) is 17.5 Å². The van der Waals surface area contributed by atoms with Gasteiger partial charge in [-0.3, -0.25) is 9.55 Å². The van der Waals surface area contributed by atoms with Crippen LogP contribution >= 0.6 is 0 Å². The molecule has 0 fully saturated rings. The van der Waals surface area contributed by atoms with Gasteiger partial charge in [-0.2, -0.15) is 8.42 Å². The molecule has 156 valence electrons. The zero-order valence-electron chi connectivity index (χ0n) is 18.3. The smallest absolute Gasteiger partial charge is 0.282 e. The number of benzene rings is 2. The third-order valence-corrected chi connectivity index (χ3v) is 8.14. The van der Waals surface area contributed by atoms with Crippen LogP contribution in [0.25, 0.3) is 0 Å². The van der Waals surface area contributed by atoms with Crippen LogP contribution in [0.2, 0.25) is 0 Å². The molecule has 1 N–H and O–H groups in total. The molecule has 0 unspecified atom stereocenters. The second kappa shape index (κ2) is 7.06. The molecule has 0 saturated heterocycles. The lowest BCUT2D eigenvalue weighted by Gasteiger charge is -2.51. The van der Waals surface area contributed by atoms with E-state index in [0.717, 1.165) is 11.1 Å². The van der Waals surface area contributed by atoms with Gasteiger partial charge in [0.05, 0.1) is 10.6 Å². The first kappa shape index (κ1) is 21.7. The molecule has 0 spiro atoms. The minimum atomic E-state index is -4.24. The molecule has 4 nitrogen and oxygen atoms in total. The Morgan fingerprint density at radius 1 is 0.966 bits per heavy atom. The summed E-state index contributed by atoms with van der Waals surface area (Å²) in [6, 6.07) is 10.5. The average molecular weight is 414 g/mol. The maximum Gasteiger partial charge on any atom is 0.294 e. The largest absolute Gasteiger partial charge is 0.294 e. The highest BCUT2D eigenvalue weighted by Crippen LogP contribution is 2.52. The summed E-state index contributed by atoms with van der Waals surface area (Å²) in [5.74, 6) is 1.09. The molecule has 29 heavy (non-hydrogen) atoms. The van der Waals surface area contributed by atoms with Crippen molar-refractivity contribution in [1.82, 2.24) is 0 Å². The van der Waals surface area contributed by atoms with E-state index in [4.69, 9.17) is 0 Å². The van der Waals surface area contributed by atoms with Crippen LogP contribution in [-0.2, 0) is 20.9 Å². The van der Waals surface area contributed by atoms with E-state index >= 15 is 0 Å². The van der Waals surface area contributed by atoms with Crippen LogP contribution in [-0.4, -0.2) is 19.2 Å². The van der Waals surface area contributed by atoms with Gasteiger partial charge in [0, 0.05) is 6.21 Å². The van der Waals surface area contributed by atoms with Crippen molar-refractivity contribution in [2.75, 3.05) is 0 Å². The Balaban J connectivity index is 2.08. The van der Waals surface area contributed by atoms with Crippen molar-refractivity contribution in [1.29, 1.82) is 0 Å². The van der Waals surface area contributed by atoms with E-state index in [1.165, 1.54) is 23.3 Å². The number of aliphatic imine (C=N–C) groups is 1. The van der Waals surface area contributed by atoms with Crippen molar-refractivity contribution in [3.8, 4) is 0 Å². The van der Waals surface area contributed by atoms with Gasteiger partial charge in [-0.1, -0.05) is 53.7 Å². The van der Waals surface area contributed by atoms with Crippen molar-refractivity contribution in [2.24, 2.45) is 16.8 Å². The van der Waals surface area contributed by atoms with Gasteiger partial charge in [-0.05, 0) is 76.1 Å². The molecule has 2 aromatic rings. The Labute approximate surface area is 174 Å². The molecule has 2 aromatic carbocycles. The van der Waals surface area contributed by atoms with Crippen molar-refractivity contribution in [3.05, 3.63) is 58.7 Å². The van der Waals surface area contributed by atoms with E-state index in [9.17, 15) is 13.0 Å². The molecule has 1 aliphatic carbocycles. The van der Waals surface area contributed by atoms with Gasteiger partial charge in [0.2, 0.25) is 0 Å². The first-order valence-corrected chi connectivity index (χ1v) is 11.5. The predicted molar refractivity (Wildman–Crippen MR) is 119 cm³/mol. The highest BCUT2D eigenvalue weighted by atomic mass is 32.2. The van der Waals surface area contributed by atoms with Crippen LogP contribution in [0.15, 0.2) is 46.3 Å². The maximum atomic E-state index is 11.4. The summed E-state index contributed by atoms with van der Waals surface area (Å²) < 4.78 is 32.0. The molecule has 2 atom stereocenters. The Kier molecular flexibility index (Phi) is 5.29. The molecular formula is C24H31NO3S. The van der Waals surface area contributed by atoms with Crippen molar-refractivity contribution >= 4 is 22.0 Å². The minimum Gasteiger partial charge on any atom is -0.282 e. The van der Waals surface area contributed by atoms with E-state index < -0.39 is 10.1 Å². The van der Waals surface area contributed by atoms with Gasteiger partial charge in [0.1, 0.15) is 0 Å². The van der Waals surface area contributed by atoms with Crippen molar-refractivity contribution in [2.45, 2.75) is 64.2 Å². The number of hydrogen-bond donors (Lipinski definition) is 1. The lowest BCUT2D eigenvalue weighted by Crippen LogP contribution is -2.46. The second-order valence-corrected chi connectivity index (χ2v) is 10.9. The SMILES string of the molecule is Cc1cc2c(cc1C=Nc1cccc(S(=O)(=O)O)c1)C(C)(C)[C@@H](C)[C@H](C)C2(C)C. The molecule has 0 radical (unpaired) electrons. The Morgan fingerprint density at radius 2 is 1.52 bits per heavy atom. The number of nitrogens with zero attached hydrogens (tertiary/aromatic N) is 1. The van der Waals surface area contributed by atoms with Gasteiger partial charge in [-0.15, -0.1) is 0 Å². The van der Waals surface area contributed by atoms with E-state index in [-0.39, 0.29) is 15.7 Å². The van der Waals surface area contributed by atoms with Crippen LogP contribution in [0.1, 0.15) is 63.8 Å². The lowest BCUT2D eigenvalue weighted by atomic mass is 9.53. The normalized spacial score (nSPS) is 23.2. The molecule has 0 aliphatic heterocycles. The molecule has 0 heterocycles. The number of rotatable bonds is 3. The summed E-state index contributed by atoms with van der Waals surface area (Å²) in [5.41, 5.74) is 5.54. The molecule has 0 aromatic heterocycles. The average Bonchev–Trinajstić information content (AvgIpc) is 2.64. The second-order valence-electron chi connectivity index (χ2n) is 9.51. The van der Waals surface area contributed by atoms with Gasteiger partial charge < -0.3 is 0 Å². The summed E-state index contributed by atoms with van der Waals surface area (Å²) >= 11 is 0. The van der Waals surface area contributed by atoms with Crippen molar-refractivity contribution in [3.63, 3.8) is 0 Å². The third kappa shape index (κ3) is 3.78. The van der Waals surface area contributed by atoms with Crippen LogP contribution < -0.4 is 0 Å². The highest BCUT2D eigenvalue weighted by Gasteiger charge is 2.47. The monoisotopic (exact) mass is 413 g/mol. The minimum absolute atomic E-state index is 0.0471. The van der Waals surface area contributed by atoms with Gasteiger partial charge in [-0.25, -0.2) is 0 Å². The van der Waals surface area contributed by atoms with Gasteiger partial charge in [0.25, 0.3) is 10.1 Å². The summed E-state index contributed by atoms with van der Waals surface area (Å²) in [6.07, 6.45) is 1.78. The fourth-order valence-electron chi connectivity index (χ4n) is 4.54. The van der Waals surface area contributed by atoms with Crippen LogP contribution in [0.5, 0.6) is 0 Å². The lowest BCUT2D eigenvalue weighted by molar-refractivity contribution is 0.144. The molecule has 1 aliphatic rings. The first-order valence-electron chi connectivity index (χ1n) is 10.0. The maximum absolute atomic E-state index is 11.4. The Hall–Kier alpha value is -1.98. The Morgan fingerprint density at radius 3 is 2.07 bits per heavy atom. The fraction of sp³-hybridized carbons (Fsp3) is 0.458. The quantitative estimate of drug-likeness (QED) is 0.508. The molecule has 0 bridgehead atoms. The van der Waals surface area contributed by atoms with Crippen LogP contribution in [0.4, 0.5) is 5.69 Å². The number of fused-ring (bicyclic) bond motifs is 1. The van der Waals surface area contributed by atoms with E-state index in [1.54, 1.807) is 18.3 Å². The zero-order valence-corrected chi connectivity index (χ0v) is 19.1. The first-order chi connectivity index (χ1) is 13.3. The van der Waals surface area contributed by atoms with Crippen LogP contribution in [0, 0.1) is 18.8 Å². The molecular weight excluding hydrogens is 382 g/mol. The fourth-order valence-corrected chi connectivity index (χ4v) is 5.06. The topological polar surface area (TPSA) is 66.7 Å².